The van der Waals surface area contributed by atoms with Gasteiger partial charge in [0.05, 0.1) is 12.3 Å². The highest BCUT2D eigenvalue weighted by molar-refractivity contribution is 7.89. The highest BCUT2D eigenvalue weighted by Gasteiger charge is 2.07. The van der Waals surface area contributed by atoms with E-state index in [-0.39, 0.29) is 24.4 Å². The molecule has 1 N–H and O–H groups in total. The Morgan fingerprint density at radius 3 is 2.80 bits per heavy atom. The minimum Gasteiger partial charge on any atom is -0.268 e. The van der Waals surface area contributed by atoms with Crippen LogP contribution in [-0.2, 0) is 16.6 Å². The molecule has 0 radical (unpaired) electrons. The second-order valence-electron chi connectivity index (χ2n) is 3.89. The van der Waals surface area contributed by atoms with Crippen molar-refractivity contribution in [3.8, 4) is 5.82 Å². The molecule has 0 aliphatic rings. The van der Waals surface area contributed by atoms with Crippen LogP contribution in [0.25, 0.3) is 5.82 Å². The zero-order valence-electron chi connectivity index (χ0n) is 10.8. The van der Waals surface area contributed by atoms with Gasteiger partial charge in [-0.25, -0.2) is 27.5 Å². The predicted molar refractivity (Wildman–Crippen MR) is 70.9 cm³/mol. The average molecular weight is 298 g/mol. The molecule has 0 saturated heterocycles. The van der Waals surface area contributed by atoms with Gasteiger partial charge in [0.2, 0.25) is 10.0 Å². The third-order valence-electron chi connectivity index (χ3n) is 2.53. The maximum atomic E-state index is 11.6. The molecule has 0 spiro atoms. The van der Waals surface area contributed by atoms with Crippen LogP contribution in [0.2, 0.25) is 0 Å². The molecule has 0 amide bonds. The number of nitrogens with zero attached hydrogens (tertiary/aromatic N) is 5. The van der Waals surface area contributed by atoms with Gasteiger partial charge in [0.15, 0.2) is 5.82 Å². The number of aromatic nitrogens is 5. The topological polar surface area (TPSA) is 112 Å². The van der Waals surface area contributed by atoms with E-state index in [1.807, 2.05) is 0 Å². The molecule has 0 atom stereocenters. The number of hydrogen-bond donors (Lipinski definition) is 1. The summed E-state index contributed by atoms with van der Waals surface area (Å²) < 4.78 is 27.5. The third kappa shape index (κ3) is 3.48. The largest absolute Gasteiger partial charge is 0.268 e. The van der Waals surface area contributed by atoms with Crippen molar-refractivity contribution in [2.75, 3.05) is 12.3 Å². The second-order valence-corrected chi connectivity index (χ2v) is 5.99. The van der Waals surface area contributed by atoms with Crippen molar-refractivity contribution in [1.29, 1.82) is 0 Å². The molecule has 0 bridgehead atoms. The molecule has 9 nitrogen and oxygen atoms in total. The van der Waals surface area contributed by atoms with E-state index in [9.17, 15) is 13.2 Å². The van der Waals surface area contributed by atoms with Gasteiger partial charge in [-0.1, -0.05) is 0 Å². The predicted octanol–water partition coefficient (Wildman–Crippen LogP) is -1.24. The number of sulfonamides is 1. The molecule has 0 aliphatic heterocycles. The lowest BCUT2D eigenvalue weighted by molar-refractivity contribution is 0.542. The van der Waals surface area contributed by atoms with Crippen LogP contribution in [0.15, 0.2) is 29.6 Å². The van der Waals surface area contributed by atoms with Gasteiger partial charge in [0.1, 0.15) is 12.7 Å². The van der Waals surface area contributed by atoms with Crippen LogP contribution < -0.4 is 10.3 Å². The van der Waals surface area contributed by atoms with Gasteiger partial charge >= 0.3 is 0 Å². The van der Waals surface area contributed by atoms with Crippen LogP contribution in [0.3, 0.4) is 0 Å². The first-order chi connectivity index (χ1) is 9.52. The van der Waals surface area contributed by atoms with Crippen molar-refractivity contribution >= 4 is 10.0 Å². The first-order valence-corrected chi connectivity index (χ1v) is 7.57. The summed E-state index contributed by atoms with van der Waals surface area (Å²) >= 11 is 0. The normalized spacial score (nSPS) is 11.7. The molecule has 2 aromatic heterocycles. The van der Waals surface area contributed by atoms with Crippen LogP contribution >= 0.6 is 0 Å². The van der Waals surface area contributed by atoms with E-state index < -0.39 is 10.0 Å². The van der Waals surface area contributed by atoms with E-state index >= 15 is 0 Å². The molecule has 0 aliphatic carbocycles. The third-order valence-corrected chi connectivity index (χ3v) is 3.94. The molecule has 2 heterocycles. The summed E-state index contributed by atoms with van der Waals surface area (Å²) in [5.41, 5.74) is -0.315. The summed E-state index contributed by atoms with van der Waals surface area (Å²) in [6, 6.07) is 2.86. The van der Waals surface area contributed by atoms with E-state index in [0.717, 1.165) is 0 Å². The van der Waals surface area contributed by atoms with Crippen LogP contribution in [0.4, 0.5) is 0 Å². The lowest BCUT2D eigenvalue weighted by Crippen LogP contribution is -2.33. The van der Waals surface area contributed by atoms with Crippen LogP contribution in [-0.4, -0.2) is 45.3 Å². The SMILES string of the molecule is CCS(=O)(=O)NCCn1nc(-n2cncn2)ccc1=O. The Morgan fingerprint density at radius 2 is 2.15 bits per heavy atom. The molecule has 0 aromatic carbocycles. The van der Waals surface area contributed by atoms with Gasteiger partial charge in [0.25, 0.3) is 5.56 Å². The monoisotopic (exact) mass is 298 g/mol. The van der Waals surface area contributed by atoms with Crippen molar-refractivity contribution in [1.82, 2.24) is 29.3 Å². The van der Waals surface area contributed by atoms with Crippen molar-refractivity contribution in [2.45, 2.75) is 13.5 Å². The van der Waals surface area contributed by atoms with Crippen LogP contribution in [0.1, 0.15) is 6.92 Å². The Hall–Kier alpha value is -2.07. The molecule has 2 aromatic rings. The van der Waals surface area contributed by atoms with Gasteiger partial charge in [-0.05, 0) is 13.0 Å². The fourth-order valence-corrected chi connectivity index (χ4v) is 2.06. The van der Waals surface area contributed by atoms with Crippen molar-refractivity contribution in [3.63, 3.8) is 0 Å². The number of nitrogens with one attached hydrogen (secondary N) is 1. The van der Waals surface area contributed by atoms with E-state index in [4.69, 9.17) is 0 Å². The number of rotatable bonds is 6. The van der Waals surface area contributed by atoms with Gasteiger partial charge < -0.3 is 0 Å². The Labute approximate surface area is 115 Å². The molecule has 20 heavy (non-hydrogen) atoms. The van der Waals surface area contributed by atoms with Crippen molar-refractivity contribution in [2.24, 2.45) is 0 Å². The van der Waals surface area contributed by atoms with Crippen LogP contribution in [0.5, 0.6) is 0 Å². The van der Waals surface area contributed by atoms with Crippen LogP contribution in [0, 0.1) is 0 Å². The molecular formula is C10H14N6O3S. The summed E-state index contributed by atoms with van der Waals surface area (Å²) in [7, 11) is -3.28. The van der Waals surface area contributed by atoms with Gasteiger partial charge in [0, 0.05) is 12.6 Å². The first-order valence-electron chi connectivity index (χ1n) is 5.92. The Morgan fingerprint density at radius 1 is 1.35 bits per heavy atom. The zero-order valence-corrected chi connectivity index (χ0v) is 11.6. The van der Waals surface area contributed by atoms with E-state index in [0.29, 0.717) is 5.82 Å². The molecule has 10 heteroatoms. The quantitative estimate of drug-likeness (QED) is 0.714. The van der Waals surface area contributed by atoms with Crippen molar-refractivity contribution in [3.05, 3.63) is 35.1 Å². The Balaban J connectivity index is 2.12. The van der Waals surface area contributed by atoms with Gasteiger partial charge in [-0.15, -0.1) is 5.10 Å². The molecule has 2 rings (SSSR count). The van der Waals surface area contributed by atoms with Crippen molar-refractivity contribution < 1.29 is 8.42 Å². The average Bonchev–Trinajstić information content (AvgIpc) is 2.95. The standard InChI is InChI=1S/C10H14N6O3S/c1-2-20(18,19)13-5-6-15-10(17)4-3-9(14-15)16-8-11-7-12-16/h3-4,7-8,13H,2,5-6H2,1H3. The minimum absolute atomic E-state index is 0.00563. The zero-order chi connectivity index (χ0) is 14.6. The van der Waals surface area contributed by atoms with Gasteiger partial charge in [-0.3, -0.25) is 4.79 Å². The summed E-state index contributed by atoms with van der Waals surface area (Å²) in [6.45, 7) is 1.78. The molecule has 0 fully saturated rings. The van der Waals surface area contributed by atoms with E-state index in [2.05, 4.69) is 19.9 Å². The maximum Gasteiger partial charge on any atom is 0.266 e. The highest BCUT2D eigenvalue weighted by Crippen LogP contribution is 1.96. The fraction of sp³-hybridized carbons (Fsp3) is 0.400. The lowest BCUT2D eigenvalue weighted by atomic mass is 10.5. The fourth-order valence-electron chi connectivity index (χ4n) is 1.46. The van der Waals surface area contributed by atoms with E-state index in [1.165, 1.54) is 41.1 Å². The lowest BCUT2D eigenvalue weighted by Gasteiger charge is -2.07. The number of hydrogen-bond acceptors (Lipinski definition) is 6. The minimum atomic E-state index is -3.28. The Bertz CT molecular complexity index is 722. The second kappa shape index (κ2) is 5.92. The van der Waals surface area contributed by atoms with Gasteiger partial charge in [-0.2, -0.15) is 5.10 Å². The highest BCUT2D eigenvalue weighted by atomic mass is 32.2. The molecular weight excluding hydrogens is 284 g/mol. The molecule has 108 valence electrons. The smallest absolute Gasteiger partial charge is 0.266 e. The molecule has 0 saturated carbocycles. The Kier molecular flexibility index (Phi) is 4.25. The first kappa shape index (κ1) is 14.3. The summed E-state index contributed by atoms with van der Waals surface area (Å²) in [4.78, 5) is 15.4. The summed E-state index contributed by atoms with van der Waals surface area (Å²) in [5, 5.41) is 8.00. The maximum absolute atomic E-state index is 11.6. The summed E-state index contributed by atoms with van der Waals surface area (Å²) in [6.07, 6.45) is 2.81. The molecule has 0 unspecified atom stereocenters. The summed E-state index contributed by atoms with van der Waals surface area (Å²) in [5.74, 6) is 0.425. The van der Waals surface area contributed by atoms with E-state index in [1.54, 1.807) is 0 Å².